The van der Waals surface area contributed by atoms with Crippen molar-refractivity contribution >= 4 is 5.97 Å². The molecule has 0 aliphatic carbocycles. The molecule has 1 aliphatic rings. The maximum atomic E-state index is 10.8. The molecule has 0 saturated carbocycles. The van der Waals surface area contributed by atoms with E-state index in [1.54, 1.807) is 0 Å². The zero-order valence-electron chi connectivity index (χ0n) is 9.35. The smallest absolute Gasteiger partial charge is 0.364 e. The van der Waals surface area contributed by atoms with Crippen LogP contribution in [-0.4, -0.2) is 62.6 Å². The van der Waals surface area contributed by atoms with Gasteiger partial charge < -0.3 is 36.6 Å². The fraction of sp³-hybridized carbons (Fsp3) is 0.889. The number of aliphatic carboxylic acids is 1. The summed E-state index contributed by atoms with van der Waals surface area (Å²) in [6.45, 7) is 1.38. The van der Waals surface area contributed by atoms with Gasteiger partial charge in [-0.15, -0.1) is 0 Å². The molecule has 0 spiro atoms. The highest BCUT2D eigenvalue weighted by Crippen LogP contribution is 2.28. The second kappa shape index (κ2) is 4.84. The van der Waals surface area contributed by atoms with Crippen LogP contribution in [0.1, 0.15) is 13.3 Å². The zero-order chi connectivity index (χ0) is 13.4. The van der Waals surface area contributed by atoms with E-state index in [0.717, 1.165) is 0 Å². The first kappa shape index (κ1) is 14.3. The van der Waals surface area contributed by atoms with Crippen LogP contribution < -0.4 is 11.5 Å². The van der Waals surface area contributed by atoms with Gasteiger partial charge >= 0.3 is 5.97 Å². The van der Waals surface area contributed by atoms with Gasteiger partial charge in [0.1, 0.15) is 0 Å². The van der Waals surface area contributed by atoms with Gasteiger partial charge in [0.15, 0.2) is 0 Å². The lowest BCUT2D eigenvalue weighted by Crippen LogP contribution is -2.66. The Morgan fingerprint density at radius 3 is 2.53 bits per heavy atom. The normalized spacial score (nSPS) is 41.9. The topological polar surface area (TPSA) is 159 Å². The van der Waals surface area contributed by atoms with Crippen LogP contribution in [0.2, 0.25) is 0 Å². The van der Waals surface area contributed by atoms with Crippen LogP contribution in [0.5, 0.6) is 0 Å². The molecule has 2 unspecified atom stereocenters. The number of hydrogen-bond donors (Lipinski definition) is 6. The standard InChI is InChI=1S/C9H18N2O6/c1-3(12)5(10)7-6(11)4(13)2-9(16,17-7)8(14)15/h3-7,12-13,16H,2,10-11H2,1H3,(H,14,15)/t3-,4+,5-,6-,7?,9?/m1/s1. The van der Waals surface area contributed by atoms with Crippen molar-refractivity contribution in [1.82, 2.24) is 0 Å². The summed E-state index contributed by atoms with van der Waals surface area (Å²) in [4.78, 5) is 10.8. The van der Waals surface area contributed by atoms with Crippen molar-refractivity contribution in [2.24, 2.45) is 11.5 Å². The fourth-order valence-electron chi connectivity index (χ4n) is 1.74. The summed E-state index contributed by atoms with van der Waals surface area (Å²) in [7, 11) is 0. The molecular weight excluding hydrogens is 232 g/mol. The largest absolute Gasteiger partial charge is 0.477 e. The molecule has 1 saturated heterocycles. The molecule has 8 heteroatoms. The second-order valence-electron chi connectivity index (χ2n) is 4.34. The van der Waals surface area contributed by atoms with Crippen molar-refractivity contribution < 1.29 is 30.0 Å². The van der Waals surface area contributed by atoms with E-state index in [9.17, 15) is 20.1 Å². The molecule has 0 aromatic rings. The summed E-state index contributed by atoms with van der Waals surface area (Å²) in [6.07, 6.45) is -4.00. The molecule has 100 valence electrons. The summed E-state index contributed by atoms with van der Waals surface area (Å²) in [6, 6.07) is -1.98. The Labute approximate surface area is 97.8 Å². The molecule has 1 fully saturated rings. The summed E-state index contributed by atoms with van der Waals surface area (Å²) >= 11 is 0. The molecule has 8 N–H and O–H groups in total. The lowest BCUT2D eigenvalue weighted by Gasteiger charge is -2.43. The predicted octanol–water partition coefficient (Wildman–Crippen LogP) is -3.06. The van der Waals surface area contributed by atoms with Crippen LogP contribution in [0.25, 0.3) is 0 Å². The molecule has 0 bridgehead atoms. The number of carboxylic acids is 1. The quantitative estimate of drug-likeness (QED) is 0.308. The van der Waals surface area contributed by atoms with E-state index in [0.29, 0.717) is 0 Å². The van der Waals surface area contributed by atoms with Gasteiger partial charge in [0.25, 0.3) is 5.79 Å². The van der Waals surface area contributed by atoms with Crippen LogP contribution in [0.15, 0.2) is 0 Å². The first-order valence-corrected chi connectivity index (χ1v) is 5.20. The van der Waals surface area contributed by atoms with Crippen molar-refractivity contribution in [2.75, 3.05) is 0 Å². The van der Waals surface area contributed by atoms with Crippen LogP contribution >= 0.6 is 0 Å². The molecular formula is C9H18N2O6. The van der Waals surface area contributed by atoms with Crippen LogP contribution in [-0.2, 0) is 9.53 Å². The number of nitrogens with two attached hydrogens (primary N) is 2. The maximum absolute atomic E-state index is 10.8. The molecule has 1 rings (SSSR count). The summed E-state index contributed by atoms with van der Waals surface area (Å²) in [5.41, 5.74) is 11.2. The Balaban J connectivity index is 2.93. The highest BCUT2D eigenvalue weighted by atomic mass is 16.7. The third-order valence-corrected chi connectivity index (χ3v) is 2.91. The van der Waals surface area contributed by atoms with Crippen molar-refractivity contribution in [3.8, 4) is 0 Å². The van der Waals surface area contributed by atoms with Crippen molar-refractivity contribution in [1.29, 1.82) is 0 Å². The summed E-state index contributed by atoms with van der Waals surface area (Å²) in [5.74, 6) is -4.17. The average Bonchev–Trinajstić information content (AvgIpc) is 2.22. The van der Waals surface area contributed by atoms with E-state index in [1.165, 1.54) is 6.92 Å². The Morgan fingerprint density at radius 1 is 1.59 bits per heavy atom. The highest BCUT2D eigenvalue weighted by molar-refractivity contribution is 5.75. The summed E-state index contributed by atoms with van der Waals surface area (Å²) in [5, 5.41) is 37.4. The highest BCUT2D eigenvalue weighted by Gasteiger charge is 2.51. The van der Waals surface area contributed by atoms with Gasteiger partial charge in [0, 0.05) is 6.42 Å². The zero-order valence-corrected chi connectivity index (χ0v) is 9.35. The first-order valence-electron chi connectivity index (χ1n) is 5.20. The number of hydrogen-bond acceptors (Lipinski definition) is 7. The van der Waals surface area contributed by atoms with Crippen molar-refractivity contribution in [3.05, 3.63) is 0 Å². The molecule has 1 heterocycles. The average molecular weight is 250 g/mol. The molecule has 0 amide bonds. The van der Waals surface area contributed by atoms with Crippen LogP contribution in [0.3, 0.4) is 0 Å². The van der Waals surface area contributed by atoms with Gasteiger partial charge in [-0.25, -0.2) is 4.79 Å². The Hall–Kier alpha value is -0.770. The predicted molar refractivity (Wildman–Crippen MR) is 55.7 cm³/mol. The molecule has 0 radical (unpaired) electrons. The van der Waals surface area contributed by atoms with Gasteiger partial charge in [-0.05, 0) is 6.92 Å². The lowest BCUT2D eigenvalue weighted by molar-refractivity contribution is -0.279. The van der Waals surface area contributed by atoms with Crippen molar-refractivity contribution in [3.63, 3.8) is 0 Å². The monoisotopic (exact) mass is 250 g/mol. The van der Waals surface area contributed by atoms with E-state index in [2.05, 4.69) is 0 Å². The maximum Gasteiger partial charge on any atom is 0.364 e. The number of carbonyl (C=O) groups is 1. The van der Waals surface area contributed by atoms with Gasteiger partial charge in [-0.1, -0.05) is 0 Å². The first-order chi connectivity index (χ1) is 7.69. The third kappa shape index (κ3) is 2.73. The molecule has 6 atom stereocenters. The van der Waals surface area contributed by atoms with Gasteiger partial charge in [-0.2, -0.15) is 0 Å². The number of aliphatic hydroxyl groups excluding tert-OH is 2. The number of ether oxygens (including phenoxy) is 1. The minimum Gasteiger partial charge on any atom is -0.477 e. The minimum atomic E-state index is -2.54. The fourth-order valence-corrected chi connectivity index (χ4v) is 1.74. The molecule has 1 aliphatic heterocycles. The third-order valence-electron chi connectivity index (χ3n) is 2.91. The van der Waals surface area contributed by atoms with E-state index in [4.69, 9.17) is 21.3 Å². The second-order valence-corrected chi connectivity index (χ2v) is 4.34. The molecule has 8 nitrogen and oxygen atoms in total. The van der Waals surface area contributed by atoms with E-state index >= 15 is 0 Å². The van der Waals surface area contributed by atoms with Crippen molar-refractivity contribution in [2.45, 2.75) is 49.5 Å². The lowest BCUT2D eigenvalue weighted by atomic mass is 9.89. The van der Waals surface area contributed by atoms with E-state index in [1.807, 2.05) is 0 Å². The number of aliphatic hydroxyl groups is 3. The van der Waals surface area contributed by atoms with Gasteiger partial charge in [0.2, 0.25) is 0 Å². The Morgan fingerprint density at radius 2 is 2.12 bits per heavy atom. The molecule has 0 aromatic carbocycles. The van der Waals surface area contributed by atoms with Gasteiger partial charge in [0.05, 0.1) is 30.4 Å². The van der Waals surface area contributed by atoms with E-state index < -0.39 is 48.6 Å². The summed E-state index contributed by atoms with van der Waals surface area (Å²) < 4.78 is 4.93. The van der Waals surface area contributed by atoms with Crippen LogP contribution in [0.4, 0.5) is 0 Å². The Kier molecular flexibility index (Phi) is 4.07. The number of carboxylic acid groups (broad SMARTS) is 1. The SMILES string of the molecule is C[C@@H](O)[C@@H](N)C1OC(O)(C(=O)O)C[C@H](O)[C@H]1N. The van der Waals surface area contributed by atoms with Gasteiger partial charge in [-0.3, -0.25) is 0 Å². The number of rotatable bonds is 3. The van der Waals surface area contributed by atoms with Crippen LogP contribution in [0, 0.1) is 0 Å². The minimum absolute atomic E-state index is 0.549. The van der Waals surface area contributed by atoms with E-state index in [-0.39, 0.29) is 0 Å². The Bertz CT molecular complexity index is 295. The molecule has 17 heavy (non-hydrogen) atoms. The molecule has 0 aromatic heterocycles.